The molecule has 0 heterocycles. The largest absolute Gasteiger partial charge is 0.489 e. The molecule has 2 nitrogen and oxygen atoms in total. The lowest BCUT2D eigenvalue weighted by Gasteiger charge is -2.10. The van der Waals surface area contributed by atoms with E-state index >= 15 is 0 Å². The first-order chi connectivity index (χ1) is 9.08. The SMILES string of the molecule is Cc1ccc(F)cc1COc1cc(F)cc(CN)c1. The summed E-state index contributed by atoms with van der Waals surface area (Å²) in [6.45, 7) is 2.30. The standard InChI is InChI=1S/C15H15F2NO/c1-10-2-3-13(16)6-12(10)9-19-15-5-11(8-18)4-14(17)7-15/h2-7H,8-9,18H2,1H3. The number of nitrogens with two attached hydrogens (primary N) is 1. The summed E-state index contributed by atoms with van der Waals surface area (Å²) in [5, 5.41) is 0. The van der Waals surface area contributed by atoms with E-state index < -0.39 is 5.82 Å². The molecule has 4 heteroatoms. The number of rotatable bonds is 4. The van der Waals surface area contributed by atoms with Gasteiger partial charge in [0.05, 0.1) is 0 Å². The Morgan fingerprint density at radius 1 is 1.05 bits per heavy atom. The van der Waals surface area contributed by atoms with Crippen molar-refractivity contribution in [3.63, 3.8) is 0 Å². The first kappa shape index (κ1) is 13.5. The maximum Gasteiger partial charge on any atom is 0.127 e. The molecule has 0 amide bonds. The van der Waals surface area contributed by atoms with Gasteiger partial charge in [-0.3, -0.25) is 0 Å². The Morgan fingerprint density at radius 3 is 2.58 bits per heavy atom. The van der Waals surface area contributed by atoms with Gasteiger partial charge in [-0.15, -0.1) is 0 Å². The molecule has 0 saturated heterocycles. The summed E-state index contributed by atoms with van der Waals surface area (Å²) in [6, 6.07) is 8.82. The molecule has 0 atom stereocenters. The molecule has 19 heavy (non-hydrogen) atoms. The first-order valence-electron chi connectivity index (χ1n) is 5.96. The third kappa shape index (κ3) is 3.51. The molecule has 100 valence electrons. The van der Waals surface area contributed by atoms with E-state index in [1.807, 2.05) is 6.92 Å². The Kier molecular flexibility index (Phi) is 4.12. The van der Waals surface area contributed by atoms with Crippen LogP contribution in [0.1, 0.15) is 16.7 Å². The van der Waals surface area contributed by atoms with Crippen LogP contribution in [0.15, 0.2) is 36.4 Å². The summed E-state index contributed by atoms with van der Waals surface area (Å²) in [4.78, 5) is 0. The van der Waals surface area contributed by atoms with Gasteiger partial charge in [-0.1, -0.05) is 6.07 Å². The van der Waals surface area contributed by atoms with Crippen LogP contribution in [0.25, 0.3) is 0 Å². The number of halogens is 2. The molecule has 0 aliphatic heterocycles. The van der Waals surface area contributed by atoms with Gasteiger partial charge in [-0.05, 0) is 47.9 Å². The van der Waals surface area contributed by atoms with Crippen molar-refractivity contribution < 1.29 is 13.5 Å². The average Bonchev–Trinajstić information content (AvgIpc) is 2.39. The van der Waals surface area contributed by atoms with Crippen molar-refractivity contribution in [1.82, 2.24) is 0 Å². The lowest BCUT2D eigenvalue weighted by Crippen LogP contribution is -2.01. The summed E-state index contributed by atoms with van der Waals surface area (Å²) in [6.07, 6.45) is 0. The topological polar surface area (TPSA) is 35.2 Å². The fourth-order valence-corrected chi connectivity index (χ4v) is 1.78. The highest BCUT2D eigenvalue weighted by Crippen LogP contribution is 2.19. The molecule has 0 aliphatic carbocycles. The molecule has 0 fully saturated rings. The summed E-state index contributed by atoms with van der Waals surface area (Å²) in [5.74, 6) is -0.316. The fraction of sp³-hybridized carbons (Fsp3) is 0.200. The van der Waals surface area contributed by atoms with Gasteiger partial charge in [0.2, 0.25) is 0 Å². The van der Waals surface area contributed by atoms with E-state index in [0.717, 1.165) is 11.1 Å². The van der Waals surface area contributed by atoms with Crippen molar-refractivity contribution in [2.45, 2.75) is 20.1 Å². The van der Waals surface area contributed by atoms with Crippen molar-refractivity contribution in [2.24, 2.45) is 5.73 Å². The fourth-order valence-electron chi connectivity index (χ4n) is 1.78. The van der Waals surface area contributed by atoms with Crippen LogP contribution in [0.3, 0.4) is 0 Å². The maximum absolute atomic E-state index is 13.3. The van der Waals surface area contributed by atoms with Crippen molar-refractivity contribution in [2.75, 3.05) is 0 Å². The van der Waals surface area contributed by atoms with Gasteiger partial charge >= 0.3 is 0 Å². The molecule has 0 aromatic heterocycles. The average molecular weight is 263 g/mol. The molecule has 2 aromatic rings. The van der Waals surface area contributed by atoms with Crippen LogP contribution in [0.4, 0.5) is 8.78 Å². The highest BCUT2D eigenvalue weighted by molar-refractivity contribution is 5.31. The molecule has 0 bridgehead atoms. The van der Waals surface area contributed by atoms with Gasteiger partial charge < -0.3 is 10.5 Å². The predicted octanol–water partition coefficient (Wildman–Crippen LogP) is 3.31. The lowest BCUT2D eigenvalue weighted by molar-refractivity contribution is 0.303. The summed E-state index contributed by atoms with van der Waals surface area (Å²) >= 11 is 0. The zero-order valence-corrected chi connectivity index (χ0v) is 10.6. The smallest absolute Gasteiger partial charge is 0.127 e. The van der Waals surface area contributed by atoms with Crippen molar-refractivity contribution >= 4 is 0 Å². The summed E-state index contributed by atoms with van der Waals surface area (Å²) in [5.41, 5.74) is 7.79. The Labute approximate surface area is 110 Å². The van der Waals surface area contributed by atoms with Gasteiger partial charge in [-0.2, -0.15) is 0 Å². The number of aryl methyl sites for hydroxylation is 1. The number of hydrogen-bond donors (Lipinski definition) is 1. The number of benzene rings is 2. The molecule has 0 spiro atoms. The van der Waals surface area contributed by atoms with Crippen LogP contribution in [0, 0.1) is 18.6 Å². The van der Waals surface area contributed by atoms with Crippen molar-refractivity contribution in [1.29, 1.82) is 0 Å². The Morgan fingerprint density at radius 2 is 1.84 bits per heavy atom. The second-order valence-electron chi connectivity index (χ2n) is 4.36. The molecule has 0 radical (unpaired) electrons. The summed E-state index contributed by atoms with van der Waals surface area (Å²) < 4.78 is 31.9. The second-order valence-corrected chi connectivity index (χ2v) is 4.36. The van der Waals surface area contributed by atoms with Crippen LogP contribution >= 0.6 is 0 Å². The van der Waals surface area contributed by atoms with Crippen molar-refractivity contribution in [3.05, 3.63) is 64.7 Å². The zero-order valence-electron chi connectivity index (χ0n) is 10.6. The zero-order chi connectivity index (χ0) is 13.8. The highest BCUT2D eigenvalue weighted by Gasteiger charge is 2.04. The molecular formula is C15H15F2NO. The van der Waals surface area contributed by atoms with Crippen LogP contribution in [-0.2, 0) is 13.2 Å². The quantitative estimate of drug-likeness (QED) is 0.918. The van der Waals surface area contributed by atoms with E-state index in [2.05, 4.69) is 0 Å². The minimum atomic E-state index is -0.395. The van der Waals surface area contributed by atoms with E-state index in [1.165, 1.54) is 24.3 Å². The number of hydrogen-bond acceptors (Lipinski definition) is 2. The van der Waals surface area contributed by atoms with E-state index in [9.17, 15) is 8.78 Å². The van der Waals surface area contributed by atoms with Crippen LogP contribution in [0.5, 0.6) is 5.75 Å². The summed E-state index contributed by atoms with van der Waals surface area (Å²) in [7, 11) is 0. The predicted molar refractivity (Wildman–Crippen MR) is 69.8 cm³/mol. The van der Waals surface area contributed by atoms with E-state index in [-0.39, 0.29) is 19.0 Å². The van der Waals surface area contributed by atoms with Gasteiger partial charge in [0.15, 0.2) is 0 Å². The maximum atomic E-state index is 13.3. The van der Waals surface area contributed by atoms with E-state index in [0.29, 0.717) is 11.3 Å². The van der Waals surface area contributed by atoms with Crippen molar-refractivity contribution in [3.8, 4) is 5.75 Å². The van der Waals surface area contributed by atoms with Crippen LogP contribution in [-0.4, -0.2) is 0 Å². The van der Waals surface area contributed by atoms with Gasteiger partial charge in [0, 0.05) is 12.6 Å². The molecular weight excluding hydrogens is 248 g/mol. The van der Waals surface area contributed by atoms with E-state index in [1.54, 1.807) is 12.1 Å². The monoisotopic (exact) mass is 263 g/mol. The Hall–Kier alpha value is -1.94. The highest BCUT2D eigenvalue weighted by atomic mass is 19.1. The van der Waals surface area contributed by atoms with Gasteiger partial charge in [-0.25, -0.2) is 8.78 Å². The minimum absolute atomic E-state index is 0.192. The molecule has 0 saturated carbocycles. The molecule has 2 aromatic carbocycles. The first-order valence-corrected chi connectivity index (χ1v) is 5.96. The Bertz CT molecular complexity index is 584. The van der Waals surface area contributed by atoms with Gasteiger partial charge in [0.1, 0.15) is 24.0 Å². The minimum Gasteiger partial charge on any atom is -0.489 e. The normalized spacial score (nSPS) is 10.5. The van der Waals surface area contributed by atoms with Crippen LogP contribution in [0.2, 0.25) is 0 Å². The van der Waals surface area contributed by atoms with Crippen LogP contribution < -0.4 is 10.5 Å². The number of ether oxygens (including phenoxy) is 1. The second kappa shape index (κ2) is 5.80. The molecule has 2 rings (SSSR count). The third-order valence-corrected chi connectivity index (χ3v) is 2.87. The molecule has 0 aliphatic rings. The molecule has 2 N–H and O–H groups in total. The lowest BCUT2D eigenvalue weighted by atomic mass is 10.1. The van der Waals surface area contributed by atoms with Gasteiger partial charge in [0.25, 0.3) is 0 Å². The van der Waals surface area contributed by atoms with E-state index in [4.69, 9.17) is 10.5 Å². The third-order valence-electron chi connectivity index (χ3n) is 2.87. The molecule has 0 unspecified atom stereocenters. The Balaban J connectivity index is 2.14.